The summed E-state index contributed by atoms with van der Waals surface area (Å²) < 4.78 is 1.26. The van der Waals surface area contributed by atoms with Gasteiger partial charge in [0.2, 0.25) is 11.8 Å². The van der Waals surface area contributed by atoms with Gasteiger partial charge in [0, 0.05) is 12.6 Å². The van der Waals surface area contributed by atoms with E-state index in [4.69, 9.17) is 16.6 Å². The molecule has 0 aliphatic carbocycles. The number of aromatic nitrogens is 2. The first-order valence-electron chi connectivity index (χ1n) is 5.47. The van der Waals surface area contributed by atoms with Crippen LogP contribution in [0.2, 0.25) is 0 Å². The smallest absolute Gasteiger partial charge is 0.303 e. The van der Waals surface area contributed by atoms with Crippen molar-refractivity contribution in [3.8, 4) is 0 Å². The normalized spacial score (nSPS) is 11.8. The number of carboxylic acid groups (broad SMARTS) is 1. The van der Waals surface area contributed by atoms with E-state index < -0.39 is 23.8 Å². The molecule has 9 heteroatoms. The van der Waals surface area contributed by atoms with Crippen molar-refractivity contribution in [3.05, 3.63) is 12.4 Å². The number of carboxylic acids is 1. The predicted molar refractivity (Wildman–Crippen MR) is 64.9 cm³/mol. The van der Waals surface area contributed by atoms with Gasteiger partial charge in [0.05, 0.1) is 17.9 Å². The lowest BCUT2D eigenvalue weighted by molar-refractivity contribution is -0.137. The number of amides is 2. The van der Waals surface area contributed by atoms with E-state index >= 15 is 0 Å². The van der Waals surface area contributed by atoms with Gasteiger partial charge in [0.15, 0.2) is 0 Å². The quantitative estimate of drug-likeness (QED) is 0.472. The van der Waals surface area contributed by atoms with Gasteiger partial charge < -0.3 is 21.9 Å². The van der Waals surface area contributed by atoms with E-state index in [1.54, 1.807) is 0 Å². The molecule has 1 rings (SSSR count). The predicted octanol–water partition coefficient (Wildman–Crippen LogP) is -1.50. The van der Waals surface area contributed by atoms with Crippen molar-refractivity contribution in [1.82, 2.24) is 9.78 Å². The fourth-order valence-corrected chi connectivity index (χ4v) is 1.32. The molecule has 0 aromatic carbocycles. The van der Waals surface area contributed by atoms with Crippen LogP contribution in [0.15, 0.2) is 12.4 Å². The summed E-state index contributed by atoms with van der Waals surface area (Å²) in [6, 6.07) is -0.921. The molecule has 6 N–H and O–H groups in total. The van der Waals surface area contributed by atoms with Crippen LogP contribution in [0.25, 0.3) is 0 Å². The Labute approximate surface area is 108 Å². The van der Waals surface area contributed by atoms with E-state index in [-0.39, 0.29) is 19.4 Å². The highest BCUT2D eigenvalue weighted by Gasteiger charge is 2.15. The van der Waals surface area contributed by atoms with E-state index in [2.05, 4.69) is 10.4 Å². The van der Waals surface area contributed by atoms with Crippen molar-refractivity contribution in [2.45, 2.75) is 25.4 Å². The Bertz CT molecular complexity index is 484. The molecule has 1 atom stereocenters. The van der Waals surface area contributed by atoms with Crippen LogP contribution in [0, 0.1) is 0 Å². The maximum atomic E-state index is 11.6. The van der Waals surface area contributed by atoms with E-state index in [9.17, 15) is 14.4 Å². The van der Waals surface area contributed by atoms with Crippen LogP contribution < -0.4 is 16.8 Å². The number of carbonyl (C=O) groups excluding carboxylic acids is 2. The fraction of sp³-hybridized carbons (Fsp3) is 0.400. The minimum Gasteiger partial charge on any atom is -0.481 e. The Morgan fingerprint density at radius 2 is 2.16 bits per heavy atom. The first-order chi connectivity index (χ1) is 8.88. The third kappa shape index (κ3) is 5.17. The topological polar surface area (TPSA) is 153 Å². The molecule has 19 heavy (non-hydrogen) atoms. The van der Waals surface area contributed by atoms with Gasteiger partial charge in [0.25, 0.3) is 0 Å². The lowest BCUT2D eigenvalue weighted by Gasteiger charge is -2.09. The molecule has 0 aliphatic rings. The molecule has 1 aromatic rings. The van der Waals surface area contributed by atoms with Crippen LogP contribution in [-0.4, -0.2) is 38.7 Å². The van der Waals surface area contributed by atoms with Crippen LogP contribution >= 0.6 is 0 Å². The molecular formula is C10H15N5O4. The second kappa shape index (κ2) is 6.50. The first-order valence-corrected chi connectivity index (χ1v) is 5.47. The lowest BCUT2D eigenvalue weighted by atomic mass is 10.1. The van der Waals surface area contributed by atoms with Crippen molar-refractivity contribution in [2.75, 3.05) is 5.32 Å². The largest absolute Gasteiger partial charge is 0.481 e. The number of hydrogen-bond acceptors (Lipinski definition) is 5. The minimum atomic E-state index is -1.02. The van der Waals surface area contributed by atoms with Gasteiger partial charge in [-0.15, -0.1) is 0 Å². The zero-order valence-corrected chi connectivity index (χ0v) is 10.1. The van der Waals surface area contributed by atoms with E-state index in [1.165, 1.54) is 17.1 Å². The molecule has 9 nitrogen and oxygen atoms in total. The van der Waals surface area contributed by atoms with Crippen molar-refractivity contribution in [1.29, 1.82) is 0 Å². The van der Waals surface area contributed by atoms with Gasteiger partial charge in [-0.25, -0.2) is 0 Å². The molecule has 2 amide bonds. The second-order valence-electron chi connectivity index (χ2n) is 3.92. The highest BCUT2D eigenvalue weighted by molar-refractivity contribution is 5.94. The summed E-state index contributed by atoms with van der Waals surface area (Å²) >= 11 is 0. The molecule has 0 radical (unpaired) electrons. The number of rotatable bonds is 7. The SMILES string of the molecule is NC(=O)Cn1cc(NC(=O)C(N)CCC(=O)O)cn1. The Morgan fingerprint density at radius 3 is 2.74 bits per heavy atom. The minimum absolute atomic E-state index is 0.0383. The van der Waals surface area contributed by atoms with E-state index in [0.717, 1.165) is 0 Å². The highest BCUT2D eigenvalue weighted by Crippen LogP contribution is 2.06. The number of anilines is 1. The number of primary amides is 1. The summed E-state index contributed by atoms with van der Waals surface area (Å²) in [7, 11) is 0. The molecule has 0 saturated heterocycles. The number of nitrogens with two attached hydrogens (primary N) is 2. The number of nitrogens with zero attached hydrogens (tertiary/aromatic N) is 2. The molecule has 0 bridgehead atoms. The van der Waals surface area contributed by atoms with Crippen LogP contribution in [0.1, 0.15) is 12.8 Å². The number of aliphatic carboxylic acids is 1. The third-order valence-corrected chi connectivity index (χ3v) is 2.22. The zero-order valence-electron chi connectivity index (χ0n) is 10.1. The number of nitrogens with one attached hydrogen (secondary N) is 1. The average molecular weight is 269 g/mol. The van der Waals surface area contributed by atoms with Gasteiger partial charge >= 0.3 is 5.97 Å². The van der Waals surface area contributed by atoms with E-state index in [1.807, 2.05) is 0 Å². The van der Waals surface area contributed by atoms with Crippen molar-refractivity contribution >= 4 is 23.5 Å². The summed E-state index contributed by atoms with van der Waals surface area (Å²) in [6.07, 6.45) is 2.61. The van der Waals surface area contributed by atoms with Gasteiger partial charge in [-0.05, 0) is 6.42 Å². The van der Waals surface area contributed by atoms with Crippen LogP contribution in [-0.2, 0) is 20.9 Å². The van der Waals surface area contributed by atoms with Gasteiger partial charge in [-0.1, -0.05) is 0 Å². The number of carbonyl (C=O) groups is 3. The van der Waals surface area contributed by atoms with Crippen LogP contribution in [0.5, 0.6) is 0 Å². The summed E-state index contributed by atoms with van der Waals surface area (Å²) in [4.78, 5) is 32.6. The maximum Gasteiger partial charge on any atom is 0.303 e. The molecule has 104 valence electrons. The molecule has 0 saturated carbocycles. The van der Waals surface area contributed by atoms with E-state index in [0.29, 0.717) is 5.69 Å². The zero-order chi connectivity index (χ0) is 14.4. The standard InChI is InChI=1S/C10H15N5O4/c11-7(1-2-9(17)18)10(19)14-6-3-13-15(4-6)5-8(12)16/h3-4,7H,1-2,5,11H2,(H2,12,16)(H,14,19)(H,17,18). The van der Waals surface area contributed by atoms with Crippen LogP contribution in [0.3, 0.4) is 0 Å². The van der Waals surface area contributed by atoms with Crippen molar-refractivity contribution in [3.63, 3.8) is 0 Å². The van der Waals surface area contributed by atoms with Gasteiger partial charge in [-0.2, -0.15) is 5.10 Å². The molecule has 1 aromatic heterocycles. The molecule has 1 heterocycles. The lowest BCUT2D eigenvalue weighted by Crippen LogP contribution is -2.35. The summed E-state index contributed by atoms with van der Waals surface area (Å²) in [5.74, 6) is -2.09. The Hall–Kier alpha value is -2.42. The highest BCUT2D eigenvalue weighted by atomic mass is 16.4. The summed E-state index contributed by atoms with van der Waals surface area (Å²) in [6.45, 7) is -0.0963. The molecule has 0 spiro atoms. The summed E-state index contributed by atoms with van der Waals surface area (Å²) in [5, 5.41) is 14.8. The monoisotopic (exact) mass is 269 g/mol. The molecule has 1 unspecified atom stereocenters. The Kier molecular flexibility index (Phi) is 5.01. The number of hydrogen-bond donors (Lipinski definition) is 4. The fourth-order valence-electron chi connectivity index (χ4n) is 1.32. The maximum absolute atomic E-state index is 11.6. The molecule has 0 fully saturated rings. The summed E-state index contributed by atoms with van der Waals surface area (Å²) in [5.41, 5.74) is 10.9. The van der Waals surface area contributed by atoms with Crippen molar-refractivity contribution < 1.29 is 19.5 Å². The average Bonchev–Trinajstić information content (AvgIpc) is 2.72. The molecular weight excluding hydrogens is 254 g/mol. The third-order valence-electron chi connectivity index (χ3n) is 2.22. The second-order valence-corrected chi connectivity index (χ2v) is 3.92. The van der Waals surface area contributed by atoms with Crippen molar-refractivity contribution in [2.24, 2.45) is 11.5 Å². The first kappa shape index (κ1) is 14.6. The van der Waals surface area contributed by atoms with Crippen LogP contribution in [0.4, 0.5) is 5.69 Å². The molecule has 0 aliphatic heterocycles. The Balaban J connectivity index is 2.49. The Morgan fingerprint density at radius 1 is 1.47 bits per heavy atom. The van der Waals surface area contributed by atoms with Gasteiger partial charge in [0.1, 0.15) is 6.54 Å². The van der Waals surface area contributed by atoms with Gasteiger partial charge in [-0.3, -0.25) is 19.1 Å².